The topological polar surface area (TPSA) is 73.2 Å². The van der Waals surface area contributed by atoms with Gasteiger partial charge in [-0.05, 0) is 32.8 Å². The Morgan fingerprint density at radius 2 is 2.04 bits per heavy atom. The fourth-order valence-electron chi connectivity index (χ4n) is 3.74. The molecule has 0 bridgehead atoms. The van der Waals surface area contributed by atoms with Crippen LogP contribution in [-0.2, 0) is 16.0 Å². The van der Waals surface area contributed by atoms with Gasteiger partial charge in [0.05, 0.1) is 24.8 Å². The minimum atomic E-state index is -0.343. The Kier molecular flexibility index (Phi) is 5.76. The van der Waals surface area contributed by atoms with Crippen molar-refractivity contribution < 1.29 is 14.3 Å². The van der Waals surface area contributed by atoms with Crippen LogP contribution < -0.4 is 5.32 Å². The summed E-state index contributed by atoms with van der Waals surface area (Å²) in [6.07, 6.45) is 6.29. The van der Waals surface area contributed by atoms with Crippen LogP contribution in [0.3, 0.4) is 0 Å². The smallest absolute Gasteiger partial charge is 0.311 e. The molecule has 1 N–H and O–H groups in total. The van der Waals surface area contributed by atoms with Crippen molar-refractivity contribution in [1.29, 1.82) is 0 Å². The van der Waals surface area contributed by atoms with Crippen LogP contribution in [-0.4, -0.2) is 28.5 Å². The molecular weight excluding hydrogens is 350 g/mol. The molecule has 1 saturated carbocycles. The van der Waals surface area contributed by atoms with E-state index in [0.29, 0.717) is 22.4 Å². The zero-order chi connectivity index (χ0) is 18.7. The van der Waals surface area contributed by atoms with Gasteiger partial charge in [0, 0.05) is 22.8 Å². The molecule has 0 spiro atoms. The fraction of sp³-hybridized carbons (Fsp3) is 0.526. The van der Waals surface area contributed by atoms with E-state index in [9.17, 15) is 9.59 Å². The lowest BCUT2D eigenvalue weighted by Gasteiger charge is -2.26. The van der Waals surface area contributed by atoms with Gasteiger partial charge in [-0.3, -0.25) is 14.9 Å². The lowest BCUT2D eigenvalue weighted by Crippen LogP contribution is -2.17. The second-order valence-electron chi connectivity index (χ2n) is 6.80. The monoisotopic (exact) mass is 375 g/mol. The number of carbonyl (C=O) groups excluding carboxylic acids is 2. The van der Waals surface area contributed by atoms with E-state index in [2.05, 4.69) is 26.5 Å². The summed E-state index contributed by atoms with van der Waals surface area (Å²) in [6, 6.07) is 2.46. The summed E-state index contributed by atoms with van der Waals surface area (Å²) in [5.41, 5.74) is 3.44. The third kappa shape index (κ3) is 3.98. The molecule has 2 heterocycles. The zero-order valence-electron chi connectivity index (χ0n) is 15.5. The second-order valence-corrected chi connectivity index (χ2v) is 7.66. The number of ether oxygens (including phenoxy) is 1. The molecule has 1 fully saturated rings. The van der Waals surface area contributed by atoms with Crippen LogP contribution in [0.5, 0.6) is 0 Å². The van der Waals surface area contributed by atoms with Gasteiger partial charge in [0.1, 0.15) is 0 Å². The number of methoxy groups -OCH3 is 1. The minimum absolute atomic E-state index is 0.110. The second kappa shape index (κ2) is 8.03. The molecule has 0 atom stereocenters. The van der Waals surface area contributed by atoms with Gasteiger partial charge in [-0.1, -0.05) is 19.3 Å². The van der Waals surface area contributed by atoms with Crippen molar-refractivity contribution in [1.82, 2.24) is 9.55 Å². The van der Waals surface area contributed by atoms with E-state index in [4.69, 9.17) is 0 Å². The Morgan fingerprint density at radius 1 is 1.31 bits per heavy atom. The summed E-state index contributed by atoms with van der Waals surface area (Å²) in [6.45, 7) is 4.08. The number of hydrogen-bond acceptors (Lipinski definition) is 5. The Labute approximate surface area is 157 Å². The Bertz CT molecular complexity index is 803. The Hall–Kier alpha value is -2.15. The van der Waals surface area contributed by atoms with E-state index in [1.54, 1.807) is 5.38 Å². The van der Waals surface area contributed by atoms with Crippen LogP contribution in [0.4, 0.5) is 5.13 Å². The summed E-state index contributed by atoms with van der Waals surface area (Å²) >= 11 is 1.31. The highest BCUT2D eigenvalue weighted by Gasteiger charge is 2.23. The number of rotatable bonds is 5. The first-order valence-corrected chi connectivity index (χ1v) is 9.88. The molecule has 0 saturated heterocycles. The van der Waals surface area contributed by atoms with E-state index in [0.717, 1.165) is 11.4 Å². The average Bonchev–Trinajstić information content (AvgIpc) is 3.19. The summed E-state index contributed by atoms with van der Waals surface area (Å²) in [5.74, 6) is -0.497. The number of carbonyl (C=O) groups is 2. The molecule has 1 aliphatic rings. The number of nitrogens with zero attached hydrogens (tertiary/aromatic N) is 2. The quantitative estimate of drug-likeness (QED) is 0.801. The number of thiazole rings is 1. The van der Waals surface area contributed by atoms with Gasteiger partial charge < -0.3 is 9.30 Å². The molecule has 1 aliphatic carbocycles. The molecule has 0 radical (unpaired) electrons. The van der Waals surface area contributed by atoms with E-state index in [1.165, 1.54) is 50.6 Å². The van der Waals surface area contributed by atoms with Gasteiger partial charge in [-0.25, -0.2) is 4.98 Å². The third-order valence-electron chi connectivity index (χ3n) is 4.99. The van der Waals surface area contributed by atoms with Crippen LogP contribution >= 0.6 is 11.3 Å². The molecule has 0 aromatic carbocycles. The molecule has 6 nitrogen and oxygen atoms in total. The molecule has 7 heteroatoms. The minimum Gasteiger partial charge on any atom is -0.469 e. The number of hydrogen-bond donors (Lipinski definition) is 1. The van der Waals surface area contributed by atoms with Crippen molar-refractivity contribution in [3.05, 3.63) is 34.1 Å². The molecule has 1 amide bonds. The summed E-state index contributed by atoms with van der Waals surface area (Å²) < 4.78 is 6.96. The van der Waals surface area contributed by atoms with Gasteiger partial charge >= 0.3 is 5.97 Å². The molecule has 2 aromatic rings. The number of amides is 1. The Balaban J connectivity index is 1.73. The lowest BCUT2D eigenvalue weighted by atomic mass is 9.95. The largest absolute Gasteiger partial charge is 0.469 e. The molecule has 2 aromatic heterocycles. The number of aryl methyl sites for hydroxylation is 1. The van der Waals surface area contributed by atoms with Crippen LogP contribution in [0.15, 0.2) is 11.4 Å². The SMILES string of the molecule is COC(=O)Cc1csc(NC(=O)c2cc(C)n(C3CCCCC3)c2C)n1. The van der Waals surface area contributed by atoms with E-state index in [1.807, 2.05) is 13.0 Å². The first kappa shape index (κ1) is 18.6. The molecule has 140 valence electrons. The van der Waals surface area contributed by atoms with Crippen LogP contribution in [0.1, 0.15) is 65.6 Å². The number of aromatic nitrogens is 2. The van der Waals surface area contributed by atoms with Gasteiger partial charge in [-0.15, -0.1) is 11.3 Å². The summed E-state index contributed by atoms with van der Waals surface area (Å²) in [5, 5.41) is 5.12. The van der Waals surface area contributed by atoms with Crippen molar-refractivity contribution in [2.75, 3.05) is 12.4 Å². The first-order valence-electron chi connectivity index (χ1n) is 9.00. The van der Waals surface area contributed by atoms with Crippen molar-refractivity contribution in [3.8, 4) is 0 Å². The van der Waals surface area contributed by atoms with Crippen LogP contribution in [0.25, 0.3) is 0 Å². The molecule has 0 aliphatic heterocycles. The van der Waals surface area contributed by atoms with Crippen molar-refractivity contribution in [2.24, 2.45) is 0 Å². The van der Waals surface area contributed by atoms with Gasteiger partial charge in [0.15, 0.2) is 5.13 Å². The van der Waals surface area contributed by atoms with Gasteiger partial charge in [0.25, 0.3) is 5.91 Å². The number of nitrogens with one attached hydrogen (secondary N) is 1. The maximum absolute atomic E-state index is 12.7. The summed E-state index contributed by atoms with van der Waals surface area (Å²) in [7, 11) is 1.35. The zero-order valence-corrected chi connectivity index (χ0v) is 16.3. The van der Waals surface area contributed by atoms with Crippen molar-refractivity contribution in [2.45, 2.75) is 58.4 Å². The van der Waals surface area contributed by atoms with Crippen LogP contribution in [0, 0.1) is 13.8 Å². The maximum atomic E-state index is 12.7. The van der Waals surface area contributed by atoms with E-state index in [-0.39, 0.29) is 18.3 Å². The van der Waals surface area contributed by atoms with E-state index < -0.39 is 0 Å². The van der Waals surface area contributed by atoms with Gasteiger partial charge in [0.2, 0.25) is 0 Å². The highest BCUT2D eigenvalue weighted by molar-refractivity contribution is 7.14. The molecule has 26 heavy (non-hydrogen) atoms. The average molecular weight is 375 g/mol. The maximum Gasteiger partial charge on any atom is 0.311 e. The predicted molar refractivity (Wildman–Crippen MR) is 102 cm³/mol. The predicted octanol–water partition coefficient (Wildman–Crippen LogP) is 4.03. The number of esters is 1. The third-order valence-corrected chi connectivity index (χ3v) is 5.80. The fourth-order valence-corrected chi connectivity index (χ4v) is 4.44. The highest BCUT2D eigenvalue weighted by Crippen LogP contribution is 2.32. The van der Waals surface area contributed by atoms with Crippen molar-refractivity contribution in [3.63, 3.8) is 0 Å². The Morgan fingerprint density at radius 3 is 2.73 bits per heavy atom. The number of anilines is 1. The van der Waals surface area contributed by atoms with E-state index >= 15 is 0 Å². The van der Waals surface area contributed by atoms with Gasteiger partial charge in [-0.2, -0.15) is 0 Å². The van der Waals surface area contributed by atoms with Crippen LogP contribution in [0.2, 0.25) is 0 Å². The molecule has 3 rings (SSSR count). The summed E-state index contributed by atoms with van der Waals surface area (Å²) in [4.78, 5) is 28.3. The lowest BCUT2D eigenvalue weighted by molar-refractivity contribution is -0.139. The standard InChI is InChI=1S/C19H25N3O3S/c1-12-9-16(13(2)22(12)15-7-5-4-6-8-15)18(24)21-19-20-14(11-26-19)10-17(23)25-3/h9,11,15H,4-8,10H2,1-3H3,(H,20,21,24). The molecular formula is C19H25N3O3S. The first-order chi connectivity index (χ1) is 12.5. The molecule has 0 unspecified atom stereocenters. The van der Waals surface area contributed by atoms with Crippen molar-refractivity contribution >= 4 is 28.3 Å². The normalized spacial score (nSPS) is 15.0. The highest BCUT2D eigenvalue weighted by atomic mass is 32.1.